The molecular formula is C16H25N3O2S. The summed E-state index contributed by atoms with van der Waals surface area (Å²) >= 11 is 1.70. The van der Waals surface area contributed by atoms with Crippen molar-refractivity contribution in [1.82, 2.24) is 10.2 Å². The van der Waals surface area contributed by atoms with Crippen LogP contribution in [0.2, 0.25) is 0 Å². The molecule has 1 aromatic rings. The van der Waals surface area contributed by atoms with Crippen LogP contribution >= 0.6 is 11.3 Å². The zero-order valence-corrected chi connectivity index (χ0v) is 14.1. The van der Waals surface area contributed by atoms with Gasteiger partial charge < -0.3 is 14.4 Å². The van der Waals surface area contributed by atoms with E-state index in [-0.39, 0.29) is 0 Å². The van der Waals surface area contributed by atoms with Gasteiger partial charge in [0.1, 0.15) is 5.01 Å². The molecule has 1 aliphatic carbocycles. The number of hydrogen-bond donors (Lipinski definition) is 0. The fraction of sp³-hybridized carbons (Fsp3) is 0.875. The molecule has 3 fully saturated rings. The average Bonchev–Trinajstić information content (AvgIpc) is 3.12. The summed E-state index contributed by atoms with van der Waals surface area (Å²) in [6, 6.07) is 0. The molecule has 1 spiro atoms. The number of aryl methyl sites for hydroxylation is 1. The molecule has 2 aliphatic heterocycles. The molecule has 0 N–H and O–H groups in total. The van der Waals surface area contributed by atoms with Crippen LogP contribution in [0.3, 0.4) is 0 Å². The molecule has 1 aromatic heterocycles. The minimum Gasteiger partial charge on any atom is -0.378 e. The summed E-state index contributed by atoms with van der Waals surface area (Å²) in [7, 11) is 0. The van der Waals surface area contributed by atoms with Crippen LogP contribution in [0.5, 0.6) is 0 Å². The maximum atomic E-state index is 6.02. The molecule has 4 rings (SSSR count). The Morgan fingerprint density at radius 1 is 1.27 bits per heavy atom. The molecule has 0 radical (unpaired) electrons. The van der Waals surface area contributed by atoms with E-state index in [9.17, 15) is 0 Å². The van der Waals surface area contributed by atoms with Crippen LogP contribution in [0.25, 0.3) is 0 Å². The predicted molar refractivity (Wildman–Crippen MR) is 86.4 cm³/mol. The van der Waals surface area contributed by atoms with Crippen molar-refractivity contribution in [3.05, 3.63) is 5.01 Å². The molecule has 5 nitrogen and oxygen atoms in total. The molecule has 0 unspecified atom stereocenters. The van der Waals surface area contributed by atoms with Crippen LogP contribution in [0.4, 0.5) is 5.13 Å². The van der Waals surface area contributed by atoms with Gasteiger partial charge in [0, 0.05) is 19.7 Å². The minimum atomic E-state index is 0.314. The maximum Gasteiger partial charge on any atom is 0.208 e. The average molecular weight is 323 g/mol. The Balaban J connectivity index is 1.25. The Bertz CT molecular complexity index is 509. The third-order valence-corrected chi connectivity index (χ3v) is 6.15. The first-order chi connectivity index (χ1) is 10.7. The van der Waals surface area contributed by atoms with Crippen LogP contribution in [-0.4, -0.2) is 49.2 Å². The van der Waals surface area contributed by atoms with Crippen LogP contribution in [-0.2, 0) is 9.47 Å². The van der Waals surface area contributed by atoms with Gasteiger partial charge in [0.15, 0.2) is 0 Å². The number of rotatable bonds is 5. The van der Waals surface area contributed by atoms with Gasteiger partial charge in [0.2, 0.25) is 5.13 Å². The highest BCUT2D eigenvalue weighted by Crippen LogP contribution is 2.43. The van der Waals surface area contributed by atoms with Gasteiger partial charge in [-0.05, 0) is 50.4 Å². The van der Waals surface area contributed by atoms with Gasteiger partial charge in [-0.15, -0.1) is 10.2 Å². The highest BCUT2D eigenvalue weighted by molar-refractivity contribution is 7.15. The van der Waals surface area contributed by atoms with E-state index in [2.05, 4.69) is 15.1 Å². The molecule has 1 atom stereocenters. The van der Waals surface area contributed by atoms with E-state index in [0.29, 0.717) is 11.5 Å². The monoisotopic (exact) mass is 323 g/mol. The number of piperidine rings is 1. The molecule has 3 aliphatic rings. The largest absolute Gasteiger partial charge is 0.378 e. The quantitative estimate of drug-likeness (QED) is 0.834. The van der Waals surface area contributed by atoms with Crippen molar-refractivity contribution in [3.8, 4) is 0 Å². The summed E-state index contributed by atoms with van der Waals surface area (Å²) in [4.78, 5) is 2.38. The second-order valence-electron chi connectivity index (χ2n) is 7.21. The van der Waals surface area contributed by atoms with Crippen molar-refractivity contribution in [2.24, 2.45) is 11.3 Å². The molecule has 0 aromatic carbocycles. The Morgan fingerprint density at radius 2 is 2.09 bits per heavy atom. The number of hydrogen-bond acceptors (Lipinski definition) is 6. The molecule has 0 amide bonds. The zero-order valence-electron chi connectivity index (χ0n) is 13.3. The van der Waals surface area contributed by atoms with Gasteiger partial charge >= 0.3 is 0 Å². The third kappa shape index (κ3) is 3.29. The number of nitrogens with zero attached hydrogens (tertiary/aromatic N) is 3. The number of aromatic nitrogens is 2. The lowest BCUT2D eigenvalue weighted by atomic mass is 9.77. The molecule has 1 saturated carbocycles. The lowest BCUT2D eigenvalue weighted by Crippen LogP contribution is -2.40. The highest BCUT2D eigenvalue weighted by atomic mass is 32.1. The standard InChI is InChI=1S/C16H25N3O2S/c1-12-17-18-15(22-12)19-6-4-16(5-7-19)8-14(21-11-16)10-20-9-13-2-3-13/h13-14H,2-11H2,1H3/t14-/m0/s1. The molecule has 6 heteroatoms. The molecule has 0 bridgehead atoms. The fourth-order valence-electron chi connectivity index (χ4n) is 3.59. The maximum absolute atomic E-state index is 6.02. The minimum absolute atomic E-state index is 0.314. The fourth-order valence-corrected chi connectivity index (χ4v) is 4.33. The summed E-state index contributed by atoms with van der Waals surface area (Å²) in [6.45, 7) is 6.81. The van der Waals surface area contributed by atoms with Crippen molar-refractivity contribution in [3.63, 3.8) is 0 Å². The van der Waals surface area contributed by atoms with Gasteiger partial charge in [0.05, 0.1) is 19.3 Å². The summed E-state index contributed by atoms with van der Waals surface area (Å²) < 4.78 is 11.8. The lowest BCUT2D eigenvalue weighted by molar-refractivity contribution is 0.0110. The van der Waals surface area contributed by atoms with E-state index in [1.807, 2.05) is 6.92 Å². The highest BCUT2D eigenvalue weighted by Gasteiger charge is 2.42. The van der Waals surface area contributed by atoms with E-state index in [1.165, 1.54) is 32.1 Å². The topological polar surface area (TPSA) is 47.5 Å². The summed E-state index contributed by atoms with van der Waals surface area (Å²) in [5.74, 6) is 0.842. The van der Waals surface area contributed by atoms with Crippen LogP contribution < -0.4 is 4.90 Å². The van der Waals surface area contributed by atoms with Crippen molar-refractivity contribution in [2.75, 3.05) is 37.8 Å². The normalized spacial score (nSPS) is 27.7. The Morgan fingerprint density at radius 3 is 2.77 bits per heavy atom. The van der Waals surface area contributed by atoms with Gasteiger partial charge in [0.25, 0.3) is 0 Å². The van der Waals surface area contributed by atoms with Crippen molar-refractivity contribution < 1.29 is 9.47 Å². The van der Waals surface area contributed by atoms with E-state index < -0.39 is 0 Å². The zero-order chi connectivity index (χ0) is 15.0. The molecule has 3 heterocycles. The van der Waals surface area contributed by atoms with E-state index >= 15 is 0 Å². The van der Waals surface area contributed by atoms with E-state index in [1.54, 1.807) is 11.3 Å². The van der Waals surface area contributed by atoms with Gasteiger partial charge in [-0.2, -0.15) is 0 Å². The van der Waals surface area contributed by atoms with Crippen LogP contribution in [0, 0.1) is 18.3 Å². The van der Waals surface area contributed by atoms with Crippen molar-refractivity contribution in [2.45, 2.75) is 45.1 Å². The molecular weight excluding hydrogens is 298 g/mol. The SMILES string of the molecule is Cc1nnc(N2CCC3(CC2)CO[C@H](COCC2CC2)C3)s1. The van der Waals surface area contributed by atoms with Gasteiger partial charge in [-0.1, -0.05) is 11.3 Å². The summed E-state index contributed by atoms with van der Waals surface area (Å²) in [6.07, 6.45) is 6.59. The second-order valence-corrected chi connectivity index (χ2v) is 8.37. The number of anilines is 1. The Kier molecular flexibility index (Phi) is 4.09. The van der Waals surface area contributed by atoms with Gasteiger partial charge in [-0.3, -0.25) is 0 Å². The van der Waals surface area contributed by atoms with Crippen molar-refractivity contribution >= 4 is 16.5 Å². The summed E-state index contributed by atoms with van der Waals surface area (Å²) in [5, 5.41) is 10.5. The van der Waals surface area contributed by atoms with Crippen molar-refractivity contribution in [1.29, 1.82) is 0 Å². The second kappa shape index (κ2) is 6.06. The third-order valence-electron chi connectivity index (χ3n) is 5.25. The predicted octanol–water partition coefficient (Wildman–Crippen LogP) is 2.65. The van der Waals surface area contributed by atoms with Crippen LogP contribution in [0.15, 0.2) is 0 Å². The summed E-state index contributed by atoms with van der Waals surface area (Å²) in [5.41, 5.74) is 0.379. The molecule has 122 valence electrons. The Labute approximate surface area is 136 Å². The molecule has 2 saturated heterocycles. The van der Waals surface area contributed by atoms with E-state index in [0.717, 1.165) is 49.0 Å². The van der Waals surface area contributed by atoms with Gasteiger partial charge in [-0.25, -0.2) is 0 Å². The molecule has 22 heavy (non-hydrogen) atoms. The van der Waals surface area contributed by atoms with E-state index in [4.69, 9.17) is 9.47 Å². The Hall–Kier alpha value is -0.720. The van der Waals surface area contributed by atoms with Crippen LogP contribution in [0.1, 0.15) is 37.1 Å². The first-order valence-corrected chi connectivity index (χ1v) is 9.29. The lowest BCUT2D eigenvalue weighted by Gasteiger charge is -2.38. The first kappa shape index (κ1) is 14.8. The smallest absolute Gasteiger partial charge is 0.208 e. The number of ether oxygens (including phenoxy) is 2. The first-order valence-electron chi connectivity index (χ1n) is 8.47.